The van der Waals surface area contributed by atoms with Crippen molar-refractivity contribution < 1.29 is 0 Å². The van der Waals surface area contributed by atoms with Crippen LogP contribution in [-0.4, -0.2) is 16.7 Å². The molecule has 1 aliphatic heterocycles. The van der Waals surface area contributed by atoms with Crippen LogP contribution in [-0.2, 0) is 0 Å². The summed E-state index contributed by atoms with van der Waals surface area (Å²) in [6, 6.07) is 17.9. The molecule has 4 rings (SSSR count). The van der Waals surface area contributed by atoms with E-state index in [9.17, 15) is 0 Å². The quantitative estimate of drug-likeness (QED) is 0.745. The molecule has 0 aliphatic carbocycles. The van der Waals surface area contributed by atoms with E-state index in [-0.39, 0.29) is 0 Å². The summed E-state index contributed by atoms with van der Waals surface area (Å²) in [5.74, 6) is 1.16. The predicted octanol–water partition coefficient (Wildman–Crippen LogP) is 3.34. The molecular formula is C18H14N4. The number of hydrogen-bond donors (Lipinski definition) is 1. The molecule has 0 atom stereocenters. The lowest BCUT2D eigenvalue weighted by Crippen LogP contribution is -2.09. The van der Waals surface area contributed by atoms with Crippen molar-refractivity contribution in [2.75, 3.05) is 0 Å². The van der Waals surface area contributed by atoms with Crippen LogP contribution >= 0.6 is 0 Å². The Morgan fingerprint density at radius 2 is 1.73 bits per heavy atom. The van der Waals surface area contributed by atoms with Crippen LogP contribution < -0.4 is 5.73 Å². The fourth-order valence-electron chi connectivity index (χ4n) is 2.65. The molecule has 4 heteroatoms. The zero-order valence-electron chi connectivity index (χ0n) is 12.1. The van der Waals surface area contributed by atoms with Gasteiger partial charge in [-0.1, -0.05) is 42.5 Å². The summed E-state index contributed by atoms with van der Waals surface area (Å²) in [6.07, 6.45) is 0. The van der Waals surface area contributed by atoms with Crippen molar-refractivity contribution in [3.63, 3.8) is 0 Å². The third-order valence-electron chi connectivity index (χ3n) is 3.73. The number of nitrogens with zero attached hydrogens (tertiary/aromatic N) is 3. The van der Waals surface area contributed by atoms with E-state index in [0.717, 1.165) is 33.4 Å². The molecule has 0 bridgehead atoms. The first-order valence-corrected chi connectivity index (χ1v) is 7.11. The summed E-state index contributed by atoms with van der Waals surface area (Å²) in [5, 5.41) is 1.07. The second kappa shape index (κ2) is 4.77. The van der Waals surface area contributed by atoms with Crippen molar-refractivity contribution in [1.82, 2.24) is 4.98 Å². The Kier molecular flexibility index (Phi) is 2.76. The Labute approximate surface area is 128 Å². The van der Waals surface area contributed by atoms with Gasteiger partial charge in [-0.25, -0.2) is 9.98 Å². The highest BCUT2D eigenvalue weighted by molar-refractivity contribution is 6.22. The Morgan fingerprint density at radius 3 is 2.59 bits per heavy atom. The van der Waals surface area contributed by atoms with Gasteiger partial charge in [-0.05, 0) is 19.1 Å². The van der Waals surface area contributed by atoms with Crippen LogP contribution in [0.4, 0.5) is 5.69 Å². The van der Waals surface area contributed by atoms with E-state index in [0.29, 0.717) is 11.7 Å². The molecule has 0 fully saturated rings. The summed E-state index contributed by atoms with van der Waals surface area (Å²) in [4.78, 5) is 13.7. The van der Waals surface area contributed by atoms with Crippen LogP contribution in [0.25, 0.3) is 10.9 Å². The Bertz CT molecular complexity index is 954. The zero-order valence-corrected chi connectivity index (χ0v) is 12.1. The first-order chi connectivity index (χ1) is 10.7. The summed E-state index contributed by atoms with van der Waals surface area (Å²) >= 11 is 0. The number of fused-ring (bicyclic) bond motifs is 2. The Hall–Kier alpha value is -3.01. The Morgan fingerprint density at radius 1 is 0.909 bits per heavy atom. The second-order valence-electron chi connectivity index (χ2n) is 5.28. The molecule has 0 saturated heterocycles. The molecule has 0 saturated carbocycles. The minimum absolute atomic E-state index is 0.513. The molecule has 0 unspecified atom stereocenters. The third-order valence-corrected chi connectivity index (χ3v) is 3.73. The number of rotatable bonds is 1. The van der Waals surface area contributed by atoms with E-state index in [1.807, 2.05) is 55.5 Å². The summed E-state index contributed by atoms with van der Waals surface area (Å²) in [6.45, 7) is 1.98. The highest BCUT2D eigenvalue weighted by atomic mass is 15.0. The number of aliphatic imine (C=N–C) groups is 2. The fraction of sp³-hybridized carbons (Fsp3) is 0.0556. The van der Waals surface area contributed by atoms with E-state index < -0.39 is 0 Å². The molecule has 106 valence electrons. The van der Waals surface area contributed by atoms with E-state index >= 15 is 0 Å². The van der Waals surface area contributed by atoms with Gasteiger partial charge >= 0.3 is 0 Å². The molecule has 0 amide bonds. The molecule has 2 heterocycles. The molecule has 1 aromatic heterocycles. The lowest BCUT2D eigenvalue weighted by Gasteiger charge is -2.03. The van der Waals surface area contributed by atoms with Gasteiger partial charge in [0, 0.05) is 22.2 Å². The highest BCUT2D eigenvalue weighted by Gasteiger charge is 2.19. The van der Waals surface area contributed by atoms with Gasteiger partial charge in [-0.2, -0.15) is 0 Å². The Balaban J connectivity index is 1.93. The molecule has 2 aromatic carbocycles. The van der Waals surface area contributed by atoms with Crippen molar-refractivity contribution >= 4 is 28.3 Å². The number of aromatic nitrogens is 1. The minimum atomic E-state index is 0.513. The molecule has 4 nitrogen and oxygen atoms in total. The zero-order chi connectivity index (χ0) is 15.1. The molecule has 3 aromatic rings. The number of benzene rings is 2. The number of aryl methyl sites for hydroxylation is 1. The van der Waals surface area contributed by atoms with Crippen LogP contribution in [0.2, 0.25) is 0 Å². The number of amidine groups is 2. The van der Waals surface area contributed by atoms with Crippen molar-refractivity contribution in [1.29, 1.82) is 0 Å². The fourth-order valence-corrected chi connectivity index (χ4v) is 2.65. The van der Waals surface area contributed by atoms with Gasteiger partial charge in [-0.15, -0.1) is 0 Å². The van der Waals surface area contributed by atoms with Gasteiger partial charge in [0.1, 0.15) is 5.84 Å². The van der Waals surface area contributed by atoms with Crippen molar-refractivity contribution in [3.8, 4) is 0 Å². The average molecular weight is 286 g/mol. The maximum atomic E-state index is 5.98. The van der Waals surface area contributed by atoms with E-state index in [4.69, 9.17) is 10.7 Å². The summed E-state index contributed by atoms with van der Waals surface area (Å²) in [5.41, 5.74) is 10.5. The third kappa shape index (κ3) is 1.97. The second-order valence-corrected chi connectivity index (χ2v) is 5.28. The topological polar surface area (TPSA) is 63.6 Å². The first-order valence-electron chi connectivity index (χ1n) is 7.11. The van der Waals surface area contributed by atoms with Crippen molar-refractivity contribution in [2.45, 2.75) is 6.92 Å². The number of hydrogen-bond acceptors (Lipinski definition) is 3. The predicted molar refractivity (Wildman–Crippen MR) is 89.8 cm³/mol. The van der Waals surface area contributed by atoms with Crippen LogP contribution in [0.15, 0.2) is 64.6 Å². The van der Waals surface area contributed by atoms with Crippen LogP contribution in [0.1, 0.15) is 16.8 Å². The monoisotopic (exact) mass is 286 g/mol. The standard InChI is InChI=1S/C18H14N4/c1-11-9-10-12-5-4-8-15(16(12)20-11)21-18-14-7-3-2-6-13(14)17(19)22-18/h2-10H,1H3,(H2,19,21,22). The van der Waals surface area contributed by atoms with Crippen molar-refractivity contribution in [2.24, 2.45) is 15.7 Å². The van der Waals surface area contributed by atoms with E-state index in [1.165, 1.54) is 0 Å². The lowest BCUT2D eigenvalue weighted by molar-refractivity contribution is 1.25. The summed E-state index contributed by atoms with van der Waals surface area (Å²) in [7, 11) is 0. The van der Waals surface area contributed by atoms with Crippen LogP contribution in [0.3, 0.4) is 0 Å². The smallest absolute Gasteiger partial charge is 0.162 e. The molecule has 22 heavy (non-hydrogen) atoms. The largest absolute Gasteiger partial charge is 0.383 e. The van der Waals surface area contributed by atoms with E-state index in [1.54, 1.807) is 0 Å². The van der Waals surface area contributed by atoms with Gasteiger partial charge in [0.25, 0.3) is 0 Å². The number of pyridine rings is 1. The van der Waals surface area contributed by atoms with Gasteiger partial charge in [-0.3, -0.25) is 4.98 Å². The molecular weight excluding hydrogens is 272 g/mol. The molecule has 2 N–H and O–H groups in total. The average Bonchev–Trinajstić information content (AvgIpc) is 2.85. The van der Waals surface area contributed by atoms with E-state index in [2.05, 4.69) is 16.0 Å². The molecule has 0 radical (unpaired) electrons. The van der Waals surface area contributed by atoms with Gasteiger partial charge in [0.2, 0.25) is 0 Å². The minimum Gasteiger partial charge on any atom is -0.383 e. The maximum absolute atomic E-state index is 5.98. The molecule has 0 spiro atoms. The van der Waals surface area contributed by atoms with Crippen LogP contribution in [0.5, 0.6) is 0 Å². The highest BCUT2D eigenvalue weighted by Crippen LogP contribution is 2.27. The van der Waals surface area contributed by atoms with Gasteiger partial charge < -0.3 is 5.73 Å². The van der Waals surface area contributed by atoms with Crippen LogP contribution in [0, 0.1) is 6.92 Å². The summed E-state index contributed by atoms with van der Waals surface area (Å²) < 4.78 is 0. The van der Waals surface area contributed by atoms with Gasteiger partial charge in [0.15, 0.2) is 5.84 Å². The lowest BCUT2D eigenvalue weighted by atomic mass is 10.1. The normalized spacial score (nSPS) is 15.1. The first kappa shape index (κ1) is 12.7. The molecule has 1 aliphatic rings. The number of para-hydroxylation sites is 1. The van der Waals surface area contributed by atoms with Gasteiger partial charge in [0.05, 0.1) is 11.2 Å². The number of nitrogens with two attached hydrogens (primary N) is 1. The SMILES string of the molecule is Cc1ccc2cccc(N=C3N=C(N)c4ccccc43)c2n1. The van der Waals surface area contributed by atoms with Crippen molar-refractivity contribution in [3.05, 3.63) is 71.4 Å². The maximum Gasteiger partial charge on any atom is 0.162 e.